The Kier molecular flexibility index (Phi) is 3.67. The van der Waals surface area contributed by atoms with E-state index in [4.69, 9.17) is 0 Å². The summed E-state index contributed by atoms with van der Waals surface area (Å²) < 4.78 is 25.3. The summed E-state index contributed by atoms with van der Waals surface area (Å²) >= 11 is 1.33. The Hall–Kier alpha value is -2.26. The quantitative estimate of drug-likeness (QED) is 0.784. The molecule has 0 radical (unpaired) electrons. The Bertz CT molecular complexity index is 930. The number of carbonyl (C=O) groups excluding carboxylic acids is 1. The lowest BCUT2D eigenvalue weighted by Gasteiger charge is -2.05. The van der Waals surface area contributed by atoms with E-state index in [2.05, 4.69) is 15.5 Å². The third-order valence-electron chi connectivity index (χ3n) is 3.03. The first-order valence-corrected chi connectivity index (χ1v) is 8.97. The lowest BCUT2D eigenvalue weighted by atomic mass is 10.3. The highest BCUT2D eigenvalue weighted by Crippen LogP contribution is 2.17. The summed E-state index contributed by atoms with van der Waals surface area (Å²) in [4.78, 5) is 12.6. The van der Waals surface area contributed by atoms with Crippen LogP contribution < -0.4 is 5.32 Å². The third kappa shape index (κ3) is 2.60. The Labute approximate surface area is 130 Å². The van der Waals surface area contributed by atoms with Crippen LogP contribution in [0.5, 0.6) is 0 Å². The molecule has 3 aromatic rings. The van der Waals surface area contributed by atoms with Gasteiger partial charge in [0.05, 0.1) is 16.3 Å². The van der Waals surface area contributed by atoms with Crippen LogP contribution in [-0.2, 0) is 9.84 Å². The van der Waals surface area contributed by atoms with Crippen LogP contribution in [0, 0.1) is 0 Å². The zero-order chi connectivity index (χ0) is 15.7. The molecular weight excluding hydrogens is 324 g/mol. The summed E-state index contributed by atoms with van der Waals surface area (Å²) in [6.45, 7) is 1.54. The lowest BCUT2D eigenvalue weighted by molar-refractivity contribution is 0.103. The van der Waals surface area contributed by atoms with Gasteiger partial charge in [0.2, 0.25) is 9.84 Å². The predicted molar refractivity (Wildman–Crippen MR) is 83.0 cm³/mol. The van der Waals surface area contributed by atoms with Gasteiger partial charge in [-0.1, -0.05) is 13.0 Å². The molecule has 0 unspecified atom stereocenters. The van der Waals surface area contributed by atoms with Gasteiger partial charge in [-0.3, -0.25) is 9.20 Å². The van der Waals surface area contributed by atoms with Gasteiger partial charge in [0.25, 0.3) is 11.1 Å². The summed E-state index contributed by atoms with van der Waals surface area (Å²) in [6, 6.07) is 6.75. The molecule has 0 spiro atoms. The first-order valence-electron chi connectivity index (χ1n) is 6.43. The number of hydrogen-bond acceptors (Lipinski definition) is 6. The number of sulfone groups is 1. The maximum Gasteiger partial charge on any atom is 0.265 e. The Balaban J connectivity index is 1.99. The van der Waals surface area contributed by atoms with E-state index >= 15 is 0 Å². The van der Waals surface area contributed by atoms with E-state index in [1.807, 2.05) is 5.38 Å². The topological polar surface area (TPSA) is 93.4 Å². The zero-order valence-electron chi connectivity index (χ0n) is 11.6. The van der Waals surface area contributed by atoms with Crippen molar-refractivity contribution in [3.8, 4) is 0 Å². The number of nitrogens with zero attached hydrogens (tertiary/aromatic N) is 3. The van der Waals surface area contributed by atoms with E-state index in [0.29, 0.717) is 16.2 Å². The minimum atomic E-state index is -3.49. The summed E-state index contributed by atoms with van der Waals surface area (Å²) in [6.07, 6.45) is 1.50. The normalized spacial score (nSPS) is 11.7. The fourth-order valence-electron chi connectivity index (χ4n) is 1.89. The second-order valence-electron chi connectivity index (χ2n) is 4.46. The maximum atomic E-state index is 12.0. The Morgan fingerprint density at radius 2 is 2.14 bits per heavy atom. The highest BCUT2D eigenvalue weighted by atomic mass is 32.2. The standard InChI is InChI=1S/C13H12N4O3S2/c1-2-22(19,20)13-16-15-11-6-5-9(8-17(11)13)14-12(18)10-4-3-7-21-10/h3-8H,2H2,1H3,(H,14,18). The molecule has 3 aromatic heterocycles. The van der Waals surface area contributed by atoms with Crippen molar-refractivity contribution in [3.63, 3.8) is 0 Å². The molecular formula is C13H12N4O3S2. The van der Waals surface area contributed by atoms with Gasteiger partial charge < -0.3 is 5.32 Å². The first-order chi connectivity index (χ1) is 10.5. The van der Waals surface area contributed by atoms with Crippen LogP contribution in [0.1, 0.15) is 16.6 Å². The number of rotatable bonds is 4. The van der Waals surface area contributed by atoms with E-state index in [0.717, 1.165) is 0 Å². The van der Waals surface area contributed by atoms with Gasteiger partial charge in [-0.15, -0.1) is 21.5 Å². The average Bonchev–Trinajstić information content (AvgIpc) is 3.16. The van der Waals surface area contributed by atoms with Crippen LogP contribution in [0.25, 0.3) is 5.65 Å². The number of aromatic nitrogens is 3. The van der Waals surface area contributed by atoms with Gasteiger partial charge in [0, 0.05) is 6.20 Å². The predicted octanol–water partition coefficient (Wildman–Crippen LogP) is 1.84. The lowest BCUT2D eigenvalue weighted by Crippen LogP contribution is -2.12. The minimum Gasteiger partial charge on any atom is -0.320 e. The van der Waals surface area contributed by atoms with Crippen molar-refractivity contribution in [2.24, 2.45) is 0 Å². The molecule has 0 saturated carbocycles. The smallest absolute Gasteiger partial charge is 0.265 e. The van der Waals surface area contributed by atoms with Gasteiger partial charge in [0.15, 0.2) is 5.65 Å². The fourth-order valence-corrected chi connectivity index (χ4v) is 3.37. The zero-order valence-corrected chi connectivity index (χ0v) is 13.2. The highest BCUT2D eigenvalue weighted by Gasteiger charge is 2.20. The van der Waals surface area contributed by atoms with Crippen LogP contribution >= 0.6 is 11.3 Å². The SMILES string of the molecule is CCS(=O)(=O)c1nnc2ccc(NC(=O)c3cccs3)cn12. The van der Waals surface area contributed by atoms with Crippen LogP contribution in [0.15, 0.2) is 41.0 Å². The number of hydrogen-bond donors (Lipinski definition) is 1. The molecule has 1 amide bonds. The summed E-state index contributed by atoms with van der Waals surface area (Å²) in [5, 5.41) is 12.0. The Morgan fingerprint density at radius 1 is 1.32 bits per heavy atom. The first kappa shape index (κ1) is 14.7. The molecule has 0 atom stereocenters. The van der Waals surface area contributed by atoms with Crippen LogP contribution in [0.3, 0.4) is 0 Å². The van der Waals surface area contributed by atoms with E-state index < -0.39 is 9.84 Å². The number of thiophene rings is 1. The molecule has 3 rings (SSSR count). The highest BCUT2D eigenvalue weighted by molar-refractivity contribution is 7.91. The van der Waals surface area contributed by atoms with Crippen molar-refractivity contribution in [2.45, 2.75) is 12.1 Å². The Morgan fingerprint density at radius 3 is 2.82 bits per heavy atom. The molecule has 0 aliphatic heterocycles. The number of fused-ring (bicyclic) bond motifs is 1. The van der Waals surface area contributed by atoms with Gasteiger partial charge in [0.1, 0.15) is 0 Å². The van der Waals surface area contributed by atoms with Gasteiger partial charge in [-0.25, -0.2) is 8.42 Å². The second-order valence-corrected chi connectivity index (χ2v) is 7.58. The van der Waals surface area contributed by atoms with Crippen LogP contribution in [0.4, 0.5) is 5.69 Å². The molecule has 7 nitrogen and oxygen atoms in total. The molecule has 22 heavy (non-hydrogen) atoms. The van der Waals surface area contributed by atoms with Crippen molar-refractivity contribution in [3.05, 3.63) is 40.7 Å². The van der Waals surface area contributed by atoms with Crippen molar-refractivity contribution >= 4 is 38.4 Å². The molecule has 0 saturated heterocycles. The van der Waals surface area contributed by atoms with Gasteiger partial charge in [-0.2, -0.15) is 0 Å². The second kappa shape index (κ2) is 5.50. The molecule has 0 fully saturated rings. The fraction of sp³-hybridized carbons (Fsp3) is 0.154. The number of nitrogens with one attached hydrogen (secondary N) is 1. The maximum absolute atomic E-state index is 12.0. The van der Waals surface area contributed by atoms with Gasteiger partial charge >= 0.3 is 0 Å². The molecule has 0 aliphatic carbocycles. The molecule has 1 N–H and O–H groups in total. The average molecular weight is 336 g/mol. The van der Waals surface area contributed by atoms with Crippen molar-refractivity contribution in [2.75, 3.05) is 11.1 Å². The molecule has 9 heteroatoms. The summed E-state index contributed by atoms with van der Waals surface area (Å²) in [5.74, 6) is -0.318. The van der Waals surface area contributed by atoms with Crippen LogP contribution in [0.2, 0.25) is 0 Å². The van der Waals surface area contributed by atoms with E-state index in [1.165, 1.54) is 21.9 Å². The molecule has 3 heterocycles. The van der Waals surface area contributed by atoms with Crippen LogP contribution in [-0.4, -0.2) is 34.7 Å². The molecule has 0 aliphatic rings. The summed E-state index contributed by atoms with van der Waals surface area (Å²) in [7, 11) is -3.49. The van der Waals surface area contributed by atoms with Crippen molar-refractivity contribution in [1.29, 1.82) is 0 Å². The minimum absolute atomic E-state index is 0.0699. The molecule has 114 valence electrons. The number of amides is 1. The van der Waals surface area contributed by atoms with Gasteiger partial charge in [-0.05, 0) is 23.6 Å². The third-order valence-corrected chi connectivity index (χ3v) is 5.50. The monoisotopic (exact) mass is 336 g/mol. The summed E-state index contributed by atoms with van der Waals surface area (Å²) in [5.41, 5.74) is 0.874. The number of anilines is 1. The molecule has 0 aromatic carbocycles. The van der Waals surface area contributed by atoms with E-state index in [-0.39, 0.29) is 16.8 Å². The van der Waals surface area contributed by atoms with E-state index in [9.17, 15) is 13.2 Å². The van der Waals surface area contributed by atoms with E-state index in [1.54, 1.807) is 31.2 Å². The number of carbonyl (C=O) groups is 1. The largest absolute Gasteiger partial charge is 0.320 e. The van der Waals surface area contributed by atoms with Crippen molar-refractivity contribution in [1.82, 2.24) is 14.6 Å². The number of pyridine rings is 1. The molecule has 0 bridgehead atoms. The van der Waals surface area contributed by atoms with Crippen molar-refractivity contribution < 1.29 is 13.2 Å².